The summed E-state index contributed by atoms with van der Waals surface area (Å²) in [5.41, 5.74) is 4.52. The first-order valence-electron chi connectivity index (χ1n) is 16.8. The number of benzene rings is 2. The largest absolute Gasteiger partial charge is 0.492 e. The van der Waals surface area contributed by atoms with Gasteiger partial charge in [0.15, 0.2) is 0 Å². The van der Waals surface area contributed by atoms with Crippen molar-refractivity contribution in [3.05, 3.63) is 77.3 Å². The van der Waals surface area contributed by atoms with Crippen molar-refractivity contribution in [2.45, 2.75) is 31.7 Å². The Morgan fingerprint density at radius 1 is 0.959 bits per heavy atom. The van der Waals surface area contributed by atoms with Gasteiger partial charge in [0, 0.05) is 79.0 Å². The smallest absolute Gasteiger partial charge is 0.263 e. The first-order chi connectivity index (χ1) is 23.9. The summed E-state index contributed by atoms with van der Waals surface area (Å²) in [5.74, 6) is 0.990. The van der Waals surface area contributed by atoms with Crippen molar-refractivity contribution in [2.24, 2.45) is 0 Å². The predicted octanol–water partition coefficient (Wildman–Crippen LogP) is 4.78. The molecule has 6 heterocycles. The SMILES string of the molecule is C[C@@H]1CNc2c(sc3ccc4nc(-c5ccc(N6CCN(CCOc7ccc(C8CCC(=O)NC8=O)cc7)CC6)nc5)ccc4c23)C(=O)N1. The Labute approximate surface area is 287 Å². The number of hydrogen-bond acceptors (Lipinski definition) is 10. The summed E-state index contributed by atoms with van der Waals surface area (Å²) < 4.78 is 7.07. The molecule has 12 heteroatoms. The van der Waals surface area contributed by atoms with E-state index in [1.54, 1.807) is 0 Å². The van der Waals surface area contributed by atoms with Gasteiger partial charge in [-0.05, 0) is 67.4 Å². The van der Waals surface area contributed by atoms with Crippen LogP contribution in [-0.4, -0.2) is 84.5 Å². The maximum atomic E-state index is 12.8. The van der Waals surface area contributed by atoms with Gasteiger partial charge in [0.25, 0.3) is 5.91 Å². The molecular formula is C37H37N7O4S. The van der Waals surface area contributed by atoms with Crippen molar-refractivity contribution in [3.8, 4) is 17.0 Å². The van der Waals surface area contributed by atoms with Crippen LogP contribution in [0.15, 0.2) is 66.9 Å². The van der Waals surface area contributed by atoms with E-state index in [1.807, 2.05) is 49.5 Å². The van der Waals surface area contributed by atoms with Crippen molar-refractivity contribution in [2.75, 3.05) is 56.1 Å². The Bertz CT molecular complexity index is 2060. The summed E-state index contributed by atoms with van der Waals surface area (Å²) in [4.78, 5) is 51.6. The summed E-state index contributed by atoms with van der Waals surface area (Å²) in [6.07, 6.45) is 2.81. The topological polar surface area (TPSA) is 129 Å². The number of imide groups is 1. The average molecular weight is 676 g/mol. The van der Waals surface area contributed by atoms with Crippen LogP contribution in [0.5, 0.6) is 5.75 Å². The standard InChI is InChI=1S/C37H37N7O4S/c1-22-20-39-34-33-27-7-9-28(41-29(27)10-11-30(33)49-35(34)37(47)40-22)24-4-12-31(38-21-24)44-16-14-43(15-17-44)18-19-48-25-5-2-23(3-6-25)26-8-13-32(45)42-36(26)46/h2-7,9-12,21-22,26,39H,8,13-20H2,1H3,(H,40,47)(H,42,45,46)/t22-,26?/m1/s1. The minimum atomic E-state index is -0.285. The van der Waals surface area contributed by atoms with Crippen molar-refractivity contribution in [3.63, 3.8) is 0 Å². The molecule has 8 rings (SSSR count). The van der Waals surface area contributed by atoms with Gasteiger partial charge in [-0.15, -0.1) is 11.3 Å². The van der Waals surface area contributed by atoms with E-state index in [0.29, 0.717) is 26.0 Å². The second kappa shape index (κ2) is 13.1. The van der Waals surface area contributed by atoms with Crippen LogP contribution in [0.1, 0.15) is 40.9 Å². The number of carbonyl (C=O) groups excluding carboxylic acids is 3. The molecule has 0 aliphatic carbocycles. The zero-order valence-electron chi connectivity index (χ0n) is 27.2. The number of anilines is 2. The number of nitrogens with one attached hydrogen (secondary N) is 3. The summed E-state index contributed by atoms with van der Waals surface area (Å²) >= 11 is 1.52. The van der Waals surface area contributed by atoms with E-state index >= 15 is 0 Å². The number of piperidine rings is 1. The third-order valence-corrected chi connectivity index (χ3v) is 10.8. The molecule has 1 unspecified atom stereocenters. The lowest BCUT2D eigenvalue weighted by molar-refractivity contribution is -0.134. The van der Waals surface area contributed by atoms with Crippen LogP contribution in [0.2, 0.25) is 0 Å². The molecule has 11 nitrogen and oxygen atoms in total. The van der Waals surface area contributed by atoms with Gasteiger partial charge >= 0.3 is 0 Å². The number of fused-ring (bicyclic) bond motifs is 5. The number of nitrogens with zero attached hydrogens (tertiary/aromatic N) is 4. The molecule has 0 spiro atoms. The van der Waals surface area contributed by atoms with Gasteiger partial charge in [-0.3, -0.25) is 24.6 Å². The van der Waals surface area contributed by atoms with Gasteiger partial charge in [-0.1, -0.05) is 12.1 Å². The molecule has 250 valence electrons. The van der Waals surface area contributed by atoms with Crippen LogP contribution >= 0.6 is 11.3 Å². The van der Waals surface area contributed by atoms with Crippen molar-refractivity contribution < 1.29 is 19.1 Å². The van der Waals surface area contributed by atoms with Crippen LogP contribution in [0.3, 0.4) is 0 Å². The Morgan fingerprint density at radius 3 is 2.57 bits per heavy atom. The number of hydrogen-bond donors (Lipinski definition) is 3. The quantitative estimate of drug-likeness (QED) is 0.209. The number of amides is 3. The van der Waals surface area contributed by atoms with Crippen LogP contribution < -0.4 is 25.6 Å². The molecule has 2 atom stereocenters. The van der Waals surface area contributed by atoms with E-state index in [0.717, 1.165) is 92.7 Å². The molecular weight excluding hydrogens is 639 g/mol. The number of thiophene rings is 1. The second-order valence-electron chi connectivity index (χ2n) is 12.9. The minimum Gasteiger partial charge on any atom is -0.492 e. The highest BCUT2D eigenvalue weighted by atomic mass is 32.1. The second-order valence-corrected chi connectivity index (χ2v) is 14.0. The molecule has 0 radical (unpaired) electrons. The summed E-state index contributed by atoms with van der Waals surface area (Å²) in [7, 11) is 0. The number of pyridine rings is 2. The molecule has 5 aromatic rings. The molecule has 3 aliphatic rings. The molecule has 0 saturated carbocycles. The molecule has 3 N–H and O–H groups in total. The van der Waals surface area contributed by atoms with Crippen LogP contribution in [0, 0.1) is 0 Å². The zero-order valence-corrected chi connectivity index (χ0v) is 28.0. The number of piperazine rings is 1. The first kappa shape index (κ1) is 31.2. The third-order valence-electron chi connectivity index (χ3n) is 9.63. The Morgan fingerprint density at radius 2 is 1.80 bits per heavy atom. The van der Waals surface area contributed by atoms with E-state index in [4.69, 9.17) is 14.7 Å². The fourth-order valence-electron chi connectivity index (χ4n) is 6.91. The fourth-order valence-corrected chi connectivity index (χ4v) is 8.01. The number of aromatic nitrogens is 2. The van der Waals surface area contributed by atoms with Crippen molar-refractivity contribution in [1.82, 2.24) is 25.5 Å². The van der Waals surface area contributed by atoms with Gasteiger partial charge in [-0.2, -0.15) is 0 Å². The lowest BCUT2D eigenvalue weighted by Gasteiger charge is -2.35. The first-order valence-corrected chi connectivity index (χ1v) is 17.6. The zero-order chi connectivity index (χ0) is 33.5. The Hall–Kier alpha value is -5.07. The maximum Gasteiger partial charge on any atom is 0.263 e. The van der Waals surface area contributed by atoms with Crippen LogP contribution in [0.25, 0.3) is 32.2 Å². The van der Waals surface area contributed by atoms with Crippen LogP contribution in [-0.2, 0) is 9.59 Å². The number of rotatable bonds is 7. The number of ether oxygens (including phenoxy) is 1. The number of carbonyl (C=O) groups is 3. The highest BCUT2D eigenvalue weighted by molar-refractivity contribution is 7.21. The lowest BCUT2D eigenvalue weighted by atomic mass is 9.90. The van der Waals surface area contributed by atoms with Crippen molar-refractivity contribution >= 4 is 61.6 Å². The summed E-state index contributed by atoms with van der Waals surface area (Å²) in [5, 5.41) is 11.1. The van der Waals surface area contributed by atoms with E-state index in [2.05, 4.69) is 50.0 Å². The summed E-state index contributed by atoms with van der Waals surface area (Å²) in [6, 6.07) is 20.1. The van der Waals surface area contributed by atoms with Crippen LogP contribution in [0.4, 0.5) is 11.5 Å². The van der Waals surface area contributed by atoms with Gasteiger partial charge < -0.3 is 20.3 Å². The third kappa shape index (κ3) is 6.29. The molecule has 3 aliphatic heterocycles. The Kier molecular flexibility index (Phi) is 8.34. The van der Waals surface area contributed by atoms with Gasteiger partial charge in [-0.25, -0.2) is 9.97 Å². The minimum absolute atomic E-state index is 0.0271. The van der Waals surface area contributed by atoms with Gasteiger partial charge in [0.05, 0.1) is 22.8 Å². The molecule has 49 heavy (non-hydrogen) atoms. The molecule has 2 saturated heterocycles. The monoisotopic (exact) mass is 675 g/mol. The average Bonchev–Trinajstić information content (AvgIpc) is 3.44. The predicted molar refractivity (Wildman–Crippen MR) is 191 cm³/mol. The molecule has 3 amide bonds. The molecule has 0 bridgehead atoms. The van der Waals surface area contributed by atoms with Gasteiger partial charge in [0.2, 0.25) is 11.8 Å². The normalized spacial score (nSPS) is 20.0. The molecule has 3 aromatic heterocycles. The maximum absolute atomic E-state index is 12.8. The highest BCUT2D eigenvalue weighted by Crippen LogP contribution is 2.41. The van der Waals surface area contributed by atoms with Crippen molar-refractivity contribution in [1.29, 1.82) is 0 Å². The highest BCUT2D eigenvalue weighted by Gasteiger charge is 2.28. The van der Waals surface area contributed by atoms with E-state index in [9.17, 15) is 14.4 Å². The van der Waals surface area contributed by atoms with E-state index < -0.39 is 0 Å². The summed E-state index contributed by atoms with van der Waals surface area (Å²) in [6.45, 7) is 7.69. The lowest BCUT2D eigenvalue weighted by Crippen LogP contribution is -2.47. The van der Waals surface area contributed by atoms with E-state index in [1.165, 1.54) is 11.3 Å². The van der Waals surface area contributed by atoms with E-state index in [-0.39, 0.29) is 29.7 Å². The molecule has 2 fully saturated rings. The Balaban J connectivity index is 0.858. The molecule has 2 aromatic carbocycles. The fraction of sp³-hybridized carbons (Fsp3) is 0.324. The van der Waals surface area contributed by atoms with Gasteiger partial charge in [0.1, 0.15) is 23.1 Å².